The largest absolute Gasteiger partial charge is 0.497 e. The van der Waals surface area contributed by atoms with E-state index in [9.17, 15) is 9.59 Å². The zero-order valence-electron chi connectivity index (χ0n) is 21.4. The van der Waals surface area contributed by atoms with Crippen molar-refractivity contribution < 1.29 is 28.5 Å². The molecule has 0 spiro atoms. The molecule has 2 fully saturated rings. The summed E-state index contributed by atoms with van der Waals surface area (Å²) in [5.74, 6) is -0.0489. The van der Waals surface area contributed by atoms with Gasteiger partial charge in [-0.2, -0.15) is 0 Å². The molecule has 3 heterocycles. The van der Waals surface area contributed by atoms with E-state index in [1.165, 1.54) is 11.8 Å². The Morgan fingerprint density at radius 1 is 1.11 bits per heavy atom. The Morgan fingerprint density at radius 3 is 2.64 bits per heavy atom. The summed E-state index contributed by atoms with van der Waals surface area (Å²) in [4.78, 5) is 27.5. The van der Waals surface area contributed by atoms with Crippen molar-refractivity contribution in [1.29, 1.82) is 0 Å². The molecule has 2 saturated heterocycles. The summed E-state index contributed by atoms with van der Waals surface area (Å²) >= 11 is 1.28. The number of carbonyl (C=O) groups is 2. The minimum atomic E-state index is -1.05. The Morgan fingerprint density at radius 2 is 1.89 bits per heavy atom. The Bertz CT molecular complexity index is 977. The summed E-state index contributed by atoms with van der Waals surface area (Å²) in [6.07, 6.45) is 11.1. The van der Waals surface area contributed by atoms with Crippen molar-refractivity contribution >= 4 is 23.0 Å². The van der Waals surface area contributed by atoms with Crippen LogP contribution in [0.3, 0.4) is 0 Å². The van der Waals surface area contributed by atoms with Crippen LogP contribution in [0, 0.1) is 0 Å². The van der Waals surface area contributed by atoms with Crippen LogP contribution in [0.5, 0.6) is 5.75 Å². The van der Waals surface area contributed by atoms with Gasteiger partial charge >= 0.3 is 5.97 Å². The molecule has 0 radical (unpaired) electrons. The lowest BCUT2D eigenvalue weighted by Gasteiger charge is -2.48. The van der Waals surface area contributed by atoms with Crippen molar-refractivity contribution in [3.8, 4) is 5.75 Å². The minimum Gasteiger partial charge on any atom is -0.497 e. The molecule has 8 heteroatoms. The SMILES string of the molecule is COc1ccc(CN2C(=O)SC[C@H]2[C@@]2(OC)CC3C[C@@H](CCCC=CCCC(C)=CC(=O)O3)O2)cc1. The van der Waals surface area contributed by atoms with Crippen LogP contribution in [-0.2, 0) is 25.5 Å². The molecule has 1 amide bonds. The van der Waals surface area contributed by atoms with Crippen LogP contribution in [0.25, 0.3) is 0 Å². The molecule has 1 aromatic carbocycles. The van der Waals surface area contributed by atoms with Crippen molar-refractivity contribution in [3.63, 3.8) is 0 Å². The number of amides is 1. The van der Waals surface area contributed by atoms with Gasteiger partial charge in [-0.15, -0.1) is 0 Å². The normalized spacial score (nSPS) is 29.9. The van der Waals surface area contributed by atoms with Gasteiger partial charge in [0.1, 0.15) is 11.9 Å². The number of rotatable bonds is 5. The predicted molar refractivity (Wildman–Crippen MR) is 140 cm³/mol. The number of nitrogens with zero attached hydrogens (tertiary/aromatic N) is 1. The van der Waals surface area contributed by atoms with Gasteiger partial charge in [0.15, 0.2) is 5.79 Å². The van der Waals surface area contributed by atoms with Gasteiger partial charge in [-0.3, -0.25) is 4.79 Å². The Hall–Kier alpha value is -2.29. The van der Waals surface area contributed by atoms with Gasteiger partial charge in [0, 0.05) is 38.3 Å². The van der Waals surface area contributed by atoms with E-state index in [2.05, 4.69) is 12.2 Å². The van der Waals surface area contributed by atoms with E-state index in [0.29, 0.717) is 25.1 Å². The third-order valence-corrected chi connectivity index (χ3v) is 8.12. The topological polar surface area (TPSA) is 74.3 Å². The lowest BCUT2D eigenvalue weighted by atomic mass is 9.90. The van der Waals surface area contributed by atoms with E-state index in [4.69, 9.17) is 18.9 Å². The van der Waals surface area contributed by atoms with E-state index in [0.717, 1.165) is 49.0 Å². The summed E-state index contributed by atoms with van der Waals surface area (Å²) < 4.78 is 24.0. The highest BCUT2D eigenvalue weighted by Crippen LogP contribution is 2.43. The number of esters is 1. The molecule has 0 aliphatic carbocycles. The summed E-state index contributed by atoms with van der Waals surface area (Å²) in [6, 6.07) is 7.42. The third kappa shape index (κ3) is 6.52. The molecular weight excluding hydrogens is 478 g/mol. The first kappa shape index (κ1) is 26.8. The van der Waals surface area contributed by atoms with Gasteiger partial charge in [0.2, 0.25) is 0 Å². The second-order valence-electron chi connectivity index (χ2n) is 9.75. The number of carbonyl (C=O) groups excluding carboxylic acids is 2. The molecule has 1 aromatic rings. The molecule has 2 bridgehead atoms. The van der Waals surface area contributed by atoms with Crippen molar-refractivity contribution in [2.24, 2.45) is 0 Å². The summed E-state index contributed by atoms with van der Waals surface area (Å²) in [7, 11) is 3.26. The number of hydrogen-bond acceptors (Lipinski definition) is 7. The number of methoxy groups -OCH3 is 2. The second kappa shape index (κ2) is 12.3. The first-order chi connectivity index (χ1) is 17.4. The highest BCUT2D eigenvalue weighted by Gasteiger charge is 2.54. The molecule has 0 N–H and O–H groups in total. The smallest absolute Gasteiger partial charge is 0.330 e. The van der Waals surface area contributed by atoms with Gasteiger partial charge in [-0.1, -0.05) is 41.6 Å². The molecule has 3 aliphatic rings. The van der Waals surface area contributed by atoms with E-state index in [-0.39, 0.29) is 29.5 Å². The van der Waals surface area contributed by atoms with Crippen LogP contribution in [0.2, 0.25) is 0 Å². The van der Waals surface area contributed by atoms with Crippen LogP contribution in [0.15, 0.2) is 48.1 Å². The van der Waals surface area contributed by atoms with Crippen LogP contribution in [-0.4, -0.2) is 60.1 Å². The first-order valence-corrected chi connectivity index (χ1v) is 13.7. The number of thioether (sulfide) groups is 1. The van der Waals surface area contributed by atoms with E-state index in [1.807, 2.05) is 36.1 Å². The van der Waals surface area contributed by atoms with Crippen LogP contribution in [0.4, 0.5) is 4.79 Å². The average molecular weight is 516 g/mol. The van der Waals surface area contributed by atoms with Crippen LogP contribution >= 0.6 is 11.8 Å². The monoisotopic (exact) mass is 515 g/mol. The number of benzene rings is 1. The second-order valence-corrected chi connectivity index (χ2v) is 10.7. The molecular formula is C28H37NO6S. The molecule has 0 saturated carbocycles. The van der Waals surface area contributed by atoms with Crippen LogP contribution < -0.4 is 4.74 Å². The minimum absolute atomic E-state index is 0.00246. The molecule has 7 nitrogen and oxygen atoms in total. The van der Waals surface area contributed by atoms with Gasteiger partial charge in [0.05, 0.1) is 19.3 Å². The van der Waals surface area contributed by atoms with E-state index < -0.39 is 5.79 Å². The van der Waals surface area contributed by atoms with Gasteiger partial charge in [-0.05, 0) is 56.7 Å². The molecule has 0 aromatic heterocycles. The number of ether oxygens (including phenoxy) is 4. The fourth-order valence-corrected chi connectivity index (χ4v) is 6.31. The van der Waals surface area contributed by atoms with Gasteiger partial charge < -0.3 is 23.8 Å². The Kier molecular flexibility index (Phi) is 9.14. The summed E-state index contributed by atoms with van der Waals surface area (Å²) in [6.45, 7) is 2.41. The molecule has 3 aliphatic heterocycles. The fraction of sp³-hybridized carbons (Fsp3) is 0.571. The van der Waals surface area contributed by atoms with Gasteiger partial charge in [0.25, 0.3) is 5.24 Å². The van der Waals surface area contributed by atoms with E-state index in [1.54, 1.807) is 20.3 Å². The zero-order chi connectivity index (χ0) is 25.5. The molecule has 1 unspecified atom stereocenters. The fourth-order valence-electron chi connectivity index (χ4n) is 5.22. The predicted octanol–water partition coefficient (Wildman–Crippen LogP) is 5.63. The zero-order valence-corrected chi connectivity index (χ0v) is 22.3. The van der Waals surface area contributed by atoms with Crippen molar-refractivity contribution in [2.75, 3.05) is 20.0 Å². The van der Waals surface area contributed by atoms with Gasteiger partial charge in [-0.25, -0.2) is 4.79 Å². The standard InChI is InChI=1S/C28H37NO6S/c1-20-9-7-5-4-6-8-10-23-16-24(34-26(30)15-20)17-28(33-3,35-23)25-19-36-27(31)29(25)18-21-11-13-22(32-2)14-12-21/h4-5,11-15,23-25H,6-10,16-19H2,1-3H3/t23-,24?,25+,28-/m1/s1. The molecule has 4 rings (SSSR count). The van der Waals surface area contributed by atoms with Crippen molar-refractivity contribution in [1.82, 2.24) is 4.90 Å². The first-order valence-electron chi connectivity index (χ1n) is 12.7. The molecule has 4 atom stereocenters. The van der Waals surface area contributed by atoms with Crippen molar-refractivity contribution in [3.05, 3.63) is 53.6 Å². The van der Waals surface area contributed by atoms with Crippen molar-refractivity contribution in [2.45, 2.75) is 82.5 Å². The Balaban J connectivity index is 1.58. The maximum absolute atomic E-state index is 13.0. The Labute approximate surface area is 218 Å². The highest BCUT2D eigenvalue weighted by molar-refractivity contribution is 8.13. The number of fused-ring (bicyclic) bond motifs is 2. The third-order valence-electron chi connectivity index (χ3n) is 7.16. The molecule has 196 valence electrons. The van der Waals surface area contributed by atoms with E-state index >= 15 is 0 Å². The van der Waals surface area contributed by atoms with Crippen LogP contribution in [0.1, 0.15) is 57.4 Å². The lowest BCUT2D eigenvalue weighted by Crippen LogP contribution is -2.60. The quantitative estimate of drug-likeness (QED) is 0.371. The maximum atomic E-state index is 13.0. The summed E-state index contributed by atoms with van der Waals surface area (Å²) in [5.41, 5.74) is 2.01. The molecule has 36 heavy (non-hydrogen) atoms. The summed E-state index contributed by atoms with van der Waals surface area (Å²) in [5, 5.41) is -0.00246. The number of hydrogen-bond donors (Lipinski definition) is 0. The number of allylic oxidation sites excluding steroid dienone is 3. The maximum Gasteiger partial charge on any atom is 0.330 e. The highest BCUT2D eigenvalue weighted by atomic mass is 32.2. The lowest BCUT2D eigenvalue weighted by molar-refractivity contribution is -0.305. The average Bonchev–Trinajstić information content (AvgIpc) is 3.23.